The number of aromatic nitrogens is 2. The van der Waals surface area contributed by atoms with Gasteiger partial charge < -0.3 is 0 Å². The highest BCUT2D eigenvalue weighted by atomic mass is 15.1. The van der Waals surface area contributed by atoms with Gasteiger partial charge in [-0.1, -0.05) is 33.1 Å². The molecule has 0 aliphatic heterocycles. The van der Waals surface area contributed by atoms with E-state index in [1.807, 2.05) is 0 Å². The lowest BCUT2D eigenvalue weighted by Crippen LogP contribution is -1.84. The van der Waals surface area contributed by atoms with Crippen molar-refractivity contribution in [2.75, 3.05) is 0 Å². The molecule has 0 aliphatic carbocycles. The Labute approximate surface area is 87.1 Å². The van der Waals surface area contributed by atoms with Crippen molar-refractivity contribution in [3.63, 3.8) is 0 Å². The van der Waals surface area contributed by atoms with Gasteiger partial charge in [-0.15, -0.1) is 0 Å². The molecule has 14 heavy (non-hydrogen) atoms. The first kappa shape index (κ1) is 11.3. The summed E-state index contributed by atoms with van der Waals surface area (Å²) in [5.41, 5.74) is 2.54. The molecule has 1 aromatic heterocycles. The van der Waals surface area contributed by atoms with Crippen LogP contribution in [0.5, 0.6) is 0 Å². The largest absolute Gasteiger partial charge is 0.282 e. The molecule has 1 aromatic rings. The number of nitrogens with one attached hydrogen (secondary N) is 1. The fraction of sp³-hybridized carbons (Fsp3) is 0.750. The molecule has 1 rings (SSSR count). The maximum Gasteiger partial charge on any atom is 0.0625 e. The van der Waals surface area contributed by atoms with Crippen molar-refractivity contribution >= 4 is 0 Å². The lowest BCUT2D eigenvalue weighted by Gasteiger charge is -1.94. The Morgan fingerprint density at radius 3 is 2.57 bits per heavy atom. The van der Waals surface area contributed by atoms with Crippen LogP contribution in [0.3, 0.4) is 0 Å². The normalized spacial score (nSPS) is 10.7. The number of aromatic amines is 1. The molecule has 1 N–H and O–H groups in total. The van der Waals surface area contributed by atoms with E-state index in [9.17, 15) is 0 Å². The molecule has 2 nitrogen and oxygen atoms in total. The summed E-state index contributed by atoms with van der Waals surface area (Å²) in [6.45, 7) is 4.45. The maximum absolute atomic E-state index is 4.31. The zero-order chi connectivity index (χ0) is 10.2. The highest BCUT2D eigenvalue weighted by Gasteiger charge is 1.99. The van der Waals surface area contributed by atoms with Crippen LogP contribution >= 0.6 is 0 Å². The van der Waals surface area contributed by atoms with E-state index in [1.54, 1.807) is 0 Å². The Kier molecular flexibility index (Phi) is 5.35. The SMILES string of the molecule is CCCCCc1cc(CCCC)n[nH]1. The van der Waals surface area contributed by atoms with E-state index in [2.05, 4.69) is 30.1 Å². The Bertz CT molecular complexity index is 240. The molecule has 0 amide bonds. The smallest absolute Gasteiger partial charge is 0.0625 e. The molecule has 80 valence electrons. The van der Waals surface area contributed by atoms with Gasteiger partial charge in [0.1, 0.15) is 0 Å². The van der Waals surface area contributed by atoms with Gasteiger partial charge in [0, 0.05) is 5.69 Å². The first-order valence-electron chi connectivity index (χ1n) is 5.90. The van der Waals surface area contributed by atoms with Crippen molar-refractivity contribution < 1.29 is 0 Å². The fourth-order valence-corrected chi connectivity index (χ4v) is 1.59. The summed E-state index contributed by atoms with van der Waals surface area (Å²) in [7, 11) is 0. The third-order valence-corrected chi connectivity index (χ3v) is 2.52. The Morgan fingerprint density at radius 2 is 1.86 bits per heavy atom. The predicted molar refractivity (Wildman–Crippen MR) is 60.4 cm³/mol. The lowest BCUT2D eigenvalue weighted by molar-refractivity contribution is 0.705. The average Bonchev–Trinajstić information content (AvgIpc) is 2.63. The zero-order valence-corrected chi connectivity index (χ0v) is 9.47. The summed E-state index contributed by atoms with van der Waals surface area (Å²) in [5, 5.41) is 7.43. The topological polar surface area (TPSA) is 28.7 Å². The van der Waals surface area contributed by atoms with Crippen LogP contribution in [0, 0.1) is 0 Å². The zero-order valence-electron chi connectivity index (χ0n) is 9.47. The molecular weight excluding hydrogens is 172 g/mol. The van der Waals surface area contributed by atoms with Crippen molar-refractivity contribution in [2.45, 2.75) is 58.8 Å². The number of hydrogen-bond acceptors (Lipinski definition) is 1. The van der Waals surface area contributed by atoms with Gasteiger partial charge in [-0.05, 0) is 31.7 Å². The first-order valence-corrected chi connectivity index (χ1v) is 5.90. The summed E-state index contributed by atoms with van der Waals surface area (Å²) in [6.07, 6.45) is 8.68. The minimum absolute atomic E-state index is 1.13. The highest BCUT2D eigenvalue weighted by Crippen LogP contribution is 2.07. The molecule has 0 aromatic carbocycles. The van der Waals surface area contributed by atoms with Crippen molar-refractivity contribution in [3.8, 4) is 0 Å². The second-order valence-corrected chi connectivity index (χ2v) is 3.95. The summed E-state index contributed by atoms with van der Waals surface area (Å²) in [6, 6.07) is 2.23. The summed E-state index contributed by atoms with van der Waals surface area (Å²) in [4.78, 5) is 0. The van der Waals surface area contributed by atoms with Crippen LogP contribution in [0.1, 0.15) is 57.3 Å². The quantitative estimate of drug-likeness (QED) is 0.661. The van der Waals surface area contributed by atoms with E-state index in [4.69, 9.17) is 0 Å². The number of H-pyrrole nitrogens is 1. The van der Waals surface area contributed by atoms with E-state index in [0.717, 1.165) is 12.8 Å². The molecule has 0 aliphatic rings. The highest BCUT2D eigenvalue weighted by molar-refractivity contribution is 5.08. The van der Waals surface area contributed by atoms with Crippen LogP contribution in [0.4, 0.5) is 0 Å². The van der Waals surface area contributed by atoms with Gasteiger partial charge in [-0.25, -0.2) is 0 Å². The molecule has 0 bridgehead atoms. The van der Waals surface area contributed by atoms with Gasteiger partial charge >= 0.3 is 0 Å². The van der Waals surface area contributed by atoms with Gasteiger partial charge in [0.25, 0.3) is 0 Å². The summed E-state index contributed by atoms with van der Waals surface area (Å²) < 4.78 is 0. The number of nitrogens with zero attached hydrogens (tertiary/aromatic N) is 1. The predicted octanol–water partition coefficient (Wildman–Crippen LogP) is 3.49. The minimum atomic E-state index is 1.13. The van der Waals surface area contributed by atoms with Crippen molar-refractivity contribution in [2.24, 2.45) is 0 Å². The van der Waals surface area contributed by atoms with Gasteiger partial charge in [-0.3, -0.25) is 5.10 Å². The van der Waals surface area contributed by atoms with E-state index < -0.39 is 0 Å². The van der Waals surface area contributed by atoms with E-state index in [0.29, 0.717) is 0 Å². The molecule has 0 saturated heterocycles. The van der Waals surface area contributed by atoms with Gasteiger partial charge in [0.15, 0.2) is 0 Å². The third-order valence-electron chi connectivity index (χ3n) is 2.52. The summed E-state index contributed by atoms with van der Waals surface area (Å²) >= 11 is 0. The van der Waals surface area contributed by atoms with Crippen LogP contribution in [0.15, 0.2) is 6.07 Å². The fourth-order valence-electron chi connectivity index (χ4n) is 1.59. The molecule has 0 saturated carbocycles. The second-order valence-electron chi connectivity index (χ2n) is 3.95. The van der Waals surface area contributed by atoms with Crippen LogP contribution in [-0.4, -0.2) is 10.2 Å². The van der Waals surface area contributed by atoms with Crippen LogP contribution in [-0.2, 0) is 12.8 Å². The van der Waals surface area contributed by atoms with Crippen LogP contribution < -0.4 is 0 Å². The number of hydrogen-bond donors (Lipinski definition) is 1. The molecule has 0 unspecified atom stereocenters. The molecule has 0 fully saturated rings. The number of aryl methyl sites for hydroxylation is 2. The van der Waals surface area contributed by atoms with Gasteiger partial charge in [-0.2, -0.15) is 5.10 Å². The monoisotopic (exact) mass is 194 g/mol. The maximum atomic E-state index is 4.31. The standard InChI is InChI=1S/C12H22N2/c1-3-5-7-9-12-10-11(13-14-12)8-6-4-2/h10H,3-9H2,1-2H3,(H,13,14). The van der Waals surface area contributed by atoms with Crippen LogP contribution in [0.25, 0.3) is 0 Å². The number of unbranched alkanes of at least 4 members (excludes halogenated alkanes) is 3. The molecule has 0 radical (unpaired) electrons. The Hall–Kier alpha value is -0.790. The van der Waals surface area contributed by atoms with Crippen molar-refractivity contribution in [1.82, 2.24) is 10.2 Å². The molecular formula is C12H22N2. The lowest BCUT2D eigenvalue weighted by atomic mass is 10.1. The van der Waals surface area contributed by atoms with Crippen molar-refractivity contribution in [3.05, 3.63) is 17.5 Å². The minimum Gasteiger partial charge on any atom is -0.282 e. The molecule has 1 heterocycles. The Morgan fingerprint density at radius 1 is 1.07 bits per heavy atom. The van der Waals surface area contributed by atoms with Gasteiger partial charge in [0.05, 0.1) is 5.69 Å². The van der Waals surface area contributed by atoms with E-state index >= 15 is 0 Å². The molecule has 2 heteroatoms. The molecule has 0 atom stereocenters. The third kappa shape index (κ3) is 3.95. The summed E-state index contributed by atoms with van der Waals surface area (Å²) in [5.74, 6) is 0. The van der Waals surface area contributed by atoms with Crippen molar-refractivity contribution in [1.29, 1.82) is 0 Å². The second kappa shape index (κ2) is 6.63. The molecule has 0 spiro atoms. The average molecular weight is 194 g/mol. The number of rotatable bonds is 7. The van der Waals surface area contributed by atoms with E-state index in [1.165, 1.54) is 43.5 Å². The Balaban J connectivity index is 2.27. The van der Waals surface area contributed by atoms with Gasteiger partial charge in [0.2, 0.25) is 0 Å². The first-order chi connectivity index (χ1) is 6.86. The van der Waals surface area contributed by atoms with E-state index in [-0.39, 0.29) is 0 Å². The van der Waals surface area contributed by atoms with Crippen LogP contribution in [0.2, 0.25) is 0 Å².